The Labute approximate surface area is 127 Å². The molecule has 2 aromatic rings. The third-order valence-corrected chi connectivity index (χ3v) is 3.92. The Kier molecular flexibility index (Phi) is 3.91. The van der Waals surface area contributed by atoms with E-state index < -0.39 is 5.97 Å². The van der Waals surface area contributed by atoms with Crippen molar-refractivity contribution in [3.63, 3.8) is 0 Å². The Bertz CT molecular complexity index is 680. The SMILES string of the molecule is O=C(N[C@H]1CC[C@@H](C(=O)O)C1)c1cc(-c2ccccc2)on1. The van der Waals surface area contributed by atoms with E-state index in [9.17, 15) is 9.59 Å². The molecule has 1 fully saturated rings. The van der Waals surface area contributed by atoms with Gasteiger partial charge in [0, 0.05) is 17.7 Å². The van der Waals surface area contributed by atoms with Gasteiger partial charge in [-0.15, -0.1) is 0 Å². The van der Waals surface area contributed by atoms with E-state index in [1.807, 2.05) is 30.3 Å². The van der Waals surface area contributed by atoms with Gasteiger partial charge in [0.1, 0.15) is 0 Å². The van der Waals surface area contributed by atoms with Gasteiger partial charge in [-0.1, -0.05) is 35.5 Å². The maximum Gasteiger partial charge on any atom is 0.306 e. The maximum atomic E-state index is 12.1. The first-order valence-corrected chi connectivity index (χ1v) is 7.19. The smallest absolute Gasteiger partial charge is 0.306 e. The highest BCUT2D eigenvalue weighted by atomic mass is 16.5. The highest BCUT2D eigenvalue weighted by Crippen LogP contribution is 2.26. The van der Waals surface area contributed by atoms with Crippen LogP contribution in [0.25, 0.3) is 11.3 Å². The van der Waals surface area contributed by atoms with E-state index in [-0.39, 0.29) is 23.6 Å². The summed E-state index contributed by atoms with van der Waals surface area (Å²) in [5, 5.41) is 15.6. The number of nitrogens with zero attached hydrogens (tertiary/aromatic N) is 1. The number of carbonyl (C=O) groups excluding carboxylic acids is 1. The topological polar surface area (TPSA) is 92.4 Å². The molecule has 1 amide bonds. The van der Waals surface area contributed by atoms with Crippen LogP contribution in [0.15, 0.2) is 40.9 Å². The average molecular weight is 300 g/mol. The van der Waals surface area contributed by atoms with Crippen LogP contribution >= 0.6 is 0 Å². The van der Waals surface area contributed by atoms with Gasteiger partial charge in [-0.05, 0) is 19.3 Å². The standard InChI is InChI=1S/C16H16N2O4/c19-15(17-12-7-6-11(8-12)16(20)21)13-9-14(22-18-13)10-4-2-1-3-5-10/h1-5,9,11-12H,6-8H2,(H,17,19)(H,20,21)/t11-,12+/m1/s1. The molecule has 0 unspecified atom stereocenters. The summed E-state index contributed by atoms with van der Waals surface area (Å²) in [6.07, 6.45) is 1.73. The van der Waals surface area contributed by atoms with Crippen LogP contribution in [-0.4, -0.2) is 28.2 Å². The predicted octanol–water partition coefficient (Wildman–Crippen LogP) is 2.32. The molecule has 0 spiro atoms. The van der Waals surface area contributed by atoms with Crippen LogP contribution in [0, 0.1) is 5.92 Å². The first-order valence-electron chi connectivity index (χ1n) is 7.19. The van der Waals surface area contributed by atoms with E-state index in [4.69, 9.17) is 9.63 Å². The van der Waals surface area contributed by atoms with Crippen molar-refractivity contribution in [3.8, 4) is 11.3 Å². The first-order chi connectivity index (χ1) is 10.6. The number of carboxylic acid groups (broad SMARTS) is 1. The Morgan fingerprint density at radius 2 is 2.00 bits per heavy atom. The second kappa shape index (κ2) is 6.01. The molecule has 2 atom stereocenters. The van der Waals surface area contributed by atoms with Crippen LogP contribution in [0.3, 0.4) is 0 Å². The van der Waals surface area contributed by atoms with Crippen LogP contribution in [0.1, 0.15) is 29.8 Å². The van der Waals surface area contributed by atoms with Gasteiger partial charge in [0.05, 0.1) is 5.92 Å². The summed E-state index contributed by atoms with van der Waals surface area (Å²) in [6, 6.07) is 10.9. The van der Waals surface area contributed by atoms with Crippen LogP contribution < -0.4 is 5.32 Å². The Morgan fingerprint density at radius 3 is 2.68 bits per heavy atom. The van der Waals surface area contributed by atoms with Gasteiger partial charge < -0.3 is 14.9 Å². The van der Waals surface area contributed by atoms with Crippen LogP contribution in [0.5, 0.6) is 0 Å². The molecule has 0 radical (unpaired) electrons. The summed E-state index contributed by atoms with van der Waals surface area (Å²) in [5.41, 5.74) is 1.05. The molecule has 6 nitrogen and oxygen atoms in total. The third-order valence-electron chi connectivity index (χ3n) is 3.92. The number of rotatable bonds is 4. The molecule has 1 saturated carbocycles. The molecule has 6 heteroatoms. The van der Waals surface area contributed by atoms with Crippen molar-refractivity contribution in [2.75, 3.05) is 0 Å². The van der Waals surface area contributed by atoms with Crippen molar-refractivity contribution in [2.45, 2.75) is 25.3 Å². The van der Waals surface area contributed by atoms with Crippen molar-refractivity contribution in [1.29, 1.82) is 0 Å². The van der Waals surface area contributed by atoms with E-state index >= 15 is 0 Å². The lowest BCUT2D eigenvalue weighted by atomic mass is 10.1. The van der Waals surface area contributed by atoms with Gasteiger partial charge in [-0.2, -0.15) is 0 Å². The fourth-order valence-electron chi connectivity index (χ4n) is 2.72. The zero-order valence-electron chi connectivity index (χ0n) is 11.9. The molecule has 2 N–H and O–H groups in total. The lowest BCUT2D eigenvalue weighted by Crippen LogP contribution is -2.33. The quantitative estimate of drug-likeness (QED) is 0.904. The number of hydrogen-bond donors (Lipinski definition) is 2. The molecule has 114 valence electrons. The molecule has 1 aromatic heterocycles. The van der Waals surface area contributed by atoms with E-state index in [1.54, 1.807) is 6.07 Å². The van der Waals surface area contributed by atoms with Crippen molar-refractivity contribution in [1.82, 2.24) is 10.5 Å². The second-order valence-corrected chi connectivity index (χ2v) is 5.46. The normalized spacial score (nSPS) is 20.7. The van der Waals surface area contributed by atoms with E-state index in [1.165, 1.54) is 0 Å². The Hall–Kier alpha value is -2.63. The summed E-state index contributed by atoms with van der Waals surface area (Å²) in [5.74, 6) is -0.977. The molecule has 0 bridgehead atoms. The van der Waals surface area contributed by atoms with E-state index in [0.717, 1.165) is 5.56 Å². The van der Waals surface area contributed by atoms with Crippen LogP contribution in [0.4, 0.5) is 0 Å². The predicted molar refractivity (Wildman–Crippen MR) is 78.2 cm³/mol. The van der Waals surface area contributed by atoms with Crippen molar-refractivity contribution >= 4 is 11.9 Å². The number of hydrogen-bond acceptors (Lipinski definition) is 4. The molecular formula is C16H16N2O4. The minimum absolute atomic E-state index is 0.120. The minimum Gasteiger partial charge on any atom is -0.481 e. The van der Waals surface area contributed by atoms with Gasteiger partial charge >= 0.3 is 5.97 Å². The number of carbonyl (C=O) groups is 2. The monoisotopic (exact) mass is 300 g/mol. The lowest BCUT2D eigenvalue weighted by molar-refractivity contribution is -0.141. The minimum atomic E-state index is -0.801. The number of benzene rings is 1. The molecule has 0 aliphatic heterocycles. The summed E-state index contributed by atoms with van der Waals surface area (Å²) in [4.78, 5) is 23.1. The van der Waals surface area contributed by atoms with Crippen molar-refractivity contribution < 1.29 is 19.2 Å². The number of nitrogens with one attached hydrogen (secondary N) is 1. The van der Waals surface area contributed by atoms with Crippen molar-refractivity contribution in [3.05, 3.63) is 42.1 Å². The van der Waals surface area contributed by atoms with E-state index in [2.05, 4.69) is 10.5 Å². The van der Waals surface area contributed by atoms with Gasteiger partial charge in [0.2, 0.25) is 0 Å². The van der Waals surface area contributed by atoms with Crippen molar-refractivity contribution in [2.24, 2.45) is 5.92 Å². The molecular weight excluding hydrogens is 284 g/mol. The zero-order valence-corrected chi connectivity index (χ0v) is 11.9. The molecule has 1 aliphatic carbocycles. The summed E-state index contributed by atoms with van der Waals surface area (Å²) in [7, 11) is 0. The number of aliphatic carboxylic acids is 1. The summed E-state index contributed by atoms with van der Waals surface area (Å²) in [6.45, 7) is 0. The lowest BCUT2D eigenvalue weighted by Gasteiger charge is -2.10. The largest absolute Gasteiger partial charge is 0.481 e. The fraction of sp³-hybridized carbons (Fsp3) is 0.312. The van der Waals surface area contributed by atoms with Gasteiger partial charge in [0.25, 0.3) is 5.91 Å². The van der Waals surface area contributed by atoms with Gasteiger partial charge in [0.15, 0.2) is 11.5 Å². The first kappa shape index (κ1) is 14.3. The molecule has 22 heavy (non-hydrogen) atoms. The Morgan fingerprint density at radius 1 is 1.23 bits per heavy atom. The third kappa shape index (κ3) is 3.00. The molecule has 1 aliphatic rings. The number of amides is 1. The van der Waals surface area contributed by atoms with Crippen LogP contribution in [-0.2, 0) is 4.79 Å². The maximum absolute atomic E-state index is 12.1. The number of aromatic nitrogens is 1. The molecule has 0 saturated heterocycles. The van der Waals surface area contributed by atoms with Crippen LogP contribution in [0.2, 0.25) is 0 Å². The molecule has 1 aromatic carbocycles. The molecule has 1 heterocycles. The Balaban J connectivity index is 1.64. The second-order valence-electron chi connectivity index (χ2n) is 5.46. The highest BCUT2D eigenvalue weighted by Gasteiger charge is 2.31. The van der Waals surface area contributed by atoms with Gasteiger partial charge in [-0.3, -0.25) is 9.59 Å². The fourth-order valence-corrected chi connectivity index (χ4v) is 2.72. The summed E-state index contributed by atoms with van der Waals surface area (Å²) < 4.78 is 5.19. The van der Waals surface area contributed by atoms with Gasteiger partial charge in [-0.25, -0.2) is 0 Å². The molecule has 3 rings (SSSR count). The summed E-state index contributed by atoms with van der Waals surface area (Å²) >= 11 is 0. The average Bonchev–Trinajstić information content (AvgIpc) is 3.17. The highest BCUT2D eigenvalue weighted by molar-refractivity contribution is 5.93. The number of carboxylic acids is 1. The van der Waals surface area contributed by atoms with E-state index in [0.29, 0.717) is 25.0 Å². The zero-order chi connectivity index (χ0) is 15.5.